The van der Waals surface area contributed by atoms with Crippen LogP contribution in [-0.2, 0) is 5.75 Å². The molecule has 0 aliphatic heterocycles. The van der Waals surface area contributed by atoms with Crippen molar-refractivity contribution < 1.29 is 9.90 Å². The number of carbonyl (C=O) groups is 1. The Morgan fingerprint density at radius 2 is 2.24 bits per heavy atom. The molecular formula is C12H11NO2S2. The quantitative estimate of drug-likeness (QED) is 0.860. The van der Waals surface area contributed by atoms with Crippen molar-refractivity contribution in [1.29, 1.82) is 0 Å². The Labute approximate surface area is 108 Å². The molecule has 0 saturated carbocycles. The molecule has 5 heteroatoms. The van der Waals surface area contributed by atoms with Crippen LogP contribution < -0.4 is 0 Å². The predicted molar refractivity (Wildman–Crippen MR) is 69.8 cm³/mol. The first-order valence-corrected chi connectivity index (χ1v) is 6.83. The summed E-state index contributed by atoms with van der Waals surface area (Å²) in [5.41, 5.74) is 1.23. The molecule has 0 unspecified atom stereocenters. The van der Waals surface area contributed by atoms with Gasteiger partial charge in [-0.2, -0.15) is 0 Å². The molecule has 0 atom stereocenters. The summed E-state index contributed by atoms with van der Waals surface area (Å²) >= 11 is 2.91. The van der Waals surface area contributed by atoms with Gasteiger partial charge in [0.2, 0.25) is 0 Å². The number of hydrogen-bond donors (Lipinski definition) is 1. The first-order chi connectivity index (χ1) is 8.16. The molecule has 17 heavy (non-hydrogen) atoms. The predicted octanol–water partition coefficient (Wildman–Crippen LogP) is 3.44. The maximum atomic E-state index is 10.7. The SMILES string of the molecule is Cc1ccccc1SCc1ncc(C(=O)O)s1. The summed E-state index contributed by atoms with van der Waals surface area (Å²) in [7, 11) is 0. The molecular weight excluding hydrogens is 254 g/mol. The van der Waals surface area contributed by atoms with Crippen LogP contribution in [0.2, 0.25) is 0 Å². The normalized spacial score (nSPS) is 10.4. The monoisotopic (exact) mass is 265 g/mol. The highest BCUT2D eigenvalue weighted by Crippen LogP contribution is 2.27. The molecule has 2 rings (SSSR count). The van der Waals surface area contributed by atoms with Crippen molar-refractivity contribution in [2.75, 3.05) is 0 Å². The van der Waals surface area contributed by atoms with Gasteiger partial charge in [-0.05, 0) is 18.6 Å². The Balaban J connectivity index is 2.02. The zero-order valence-electron chi connectivity index (χ0n) is 9.21. The average Bonchev–Trinajstić information content (AvgIpc) is 2.77. The number of aromatic carboxylic acids is 1. The largest absolute Gasteiger partial charge is 0.477 e. The highest BCUT2D eigenvalue weighted by molar-refractivity contribution is 7.98. The van der Waals surface area contributed by atoms with Crippen LogP contribution in [0, 0.1) is 6.92 Å². The lowest BCUT2D eigenvalue weighted by Gasteiger charge is -2.02. The van der Waals surface area contributed by atoms with E-state index < -0.39 is 5.97 Å². The molecule has 88 valence electrons. The van der Waals surface area contributed by atoms with E-state index in [4.69, 9.17) is 5.11 Å². The Hall–Kier alpha value is -1.33. The smallest absolute Gasteiger partial charge is 0.347 e. The van der Waals surface area contributed by atoms with Gasteiger partial charge in [0.1, 0.15) is 9.88 Å². The second kappa shape index (κ2) is 5.33. The van der Waals surface area contributed by atoms with Gasteiger partial charge in [-0.25, -0.2) is 9.78 Å². The van der Waals surface area contributed by atoms with Crippen LogP contribution in [0.1, 0.15) is 20.2 Å². The molecule has 0 aliphatic carbocycles. The molecule has 0 aliphatic rings. The Kier molecular flexibility index (Phi) is 3.81. The lowest BCUT2D eigenvalue weighted by Crippen LogP contribution is -1.89. The van der Waals surface area contributed by atoms with Gasteiger partial charge in [-0.1, -0.05) is 18.2 Å². The van der Waals surface area contributed by atoms with Crippen LogP contribution in [0.15, 0.2) is 35.4 Å². The molecule has 2 aromatic rings. The minimum Gasteiger partial charge on any atom is -0.477 e. The number of carboxylic acid groups (broad SMARTS) is 1. The molecule has 0 amide bonds. The number of benzene rings is 1. The standard InChI is InChI=1S/C12H11NO2S2/c1-8-4-2-3-5-9(8)16-7-11-13-6-10(17-11)12(14)15/h2-6H,7H2,1H3,(H,14,15). The minimum atomic E-state index is -0.908. The van der Waals surface area contributed by atoms with Crippen molar-refractivity contribution >= 4 is 29.1 Å². The number of aryl methyl sites for hydroxylation is 1. The number of thiazole rings is 1. The molecule has 1 aromatic carbocycles. The summed E-state index contributed by atoms with van der Waals surface area (Å²) in [4.78, 5) is 16.3. The zero-order chi connectivity index (χ0) is 12.3. The van der Waals surface area contributed by atoms with Gasteiger partial charge in [0.05, 0.1) is 11.9 Å². The van der Waals surface area contributed by atoms with E-state index in [1.165, 1.54) is 28.0 Å². The van der Waals surface area contributed by atoms with E-state index in [1.54, 1.807) is 11.8 Å². The fourth-order valence-corrected chi connectivity index (χ4v) is 3.12. The maximum absolute atomic E-state index is 10.7. The number of hydrogen-bond acceptors (Lipinski definition) is 4. The fraction of sp³-hybridized carbons (Fsp3) is 0.167. The molecule has 0 spiro atoms. The number of thioether (sulfide) groups is 1. The topological polar surface area (TPSA) is 50.2 Å². The van der Waals surface area contributed by atoms with Crippen LogP contribution in [-0.4, -0.2) is 16.1 Å². The molecule has 1 heterocycles. The highest BCUT2D eigenvalue weighted by Gasteiger charge is 2.08. The van der Waals surface area contributed by atoms with Crippen molar-refractivity contribution in [3.8, 4) is 0 Å². The summed E-state index contributed by atoms with van der Waals surface area (Å²) < 4.78 is 0. The van der Waals surface area contributed by atoms with Gasteiger partial charge in [0.25, 0.3) is 0 Å². The van der Waals surface area contributed by atoms with Gasteiger partial charge in [0, 0.05) is 4.90 Å². The number of carboxylic acids is 1. The average molecular weight is 265 g/mol. The van der Waals surface area contributed by atoms with Crippen molar-refractivity contribution in [3.63, 3.8) is 0 Å². The highest BCUT2D eigenvalue weighted by atomic mass is 32.2. The molecule has 0 radical (unpaired) electrons. The first-order valence-electron chi connectivity index (χ1n) is 5.03. The van der Waals surface area contributed by atoms with Gasteiger partial charge in [-0.3, -0.25) is 0 Å². The third-order valence-corrected chi connectivity index (χ3v) is 4.56. The van der Waals surface area contributed by atoms with E-state index in [1.807, 2.05) is 12.1 Å². The number of nitrogens with zero attached hydrogens (tertiary/aromatic N) is 1. The third kappa shape index (κ3) is 3.08. The van der Waals surface area contributed by atoms with Crippen LogP contribution >= 0.6 is 23.1 Å². The molecule has 1 aromatic heterocycles. The number of aromatic nitrogens is 1. The minimum absolute atomic E-state index is 0.297. The summed E-state index contributed by atoms with van der Waals surface area (Å²) in [5.74, 6) is -0.197. The van der Waals surface area contributed by atoms with E-state index >= 15 is 0 Å². The van der Waals surface area contributed by atoms with Gasteiger partial charge < -0.3 is 5.11 Å². The molecule has 0 bridgehead atoms. The zero-order valence-corrected chi connectivity index (χ0v) is 10.8. The van der Waals surface area contributed by atoms with Crippen molar-refractivity contribution in [2.24, 2.45) is 0 Å². The van der Waals surface area contributed by atoms with E-state index in [0.29, 0.717) is 10.6 Å². The van der Waals surface area contributed by atoms with E-state index in [9.17, 15) is 4.79 Å². The molecule has 0 fully saturated rings. The number of rotatable bonds is 4. The lowest BCUT2D eigenvalue weighted by atomic mass is 10.2. The Morgan fingerprint density at radius 3 is 2.88 bits per heavy atom. The van der Waals surface area contributed by atoms with Gasteiger partial charge in [0.15, 0.2) is 0 Å². The third-order valence-electron chi connectivity index (χ3n) is 2.21. The van der Waals surface area contributed by atoms with Crippen molar-refractivity contribution in [1.82, 2.24) is 4.98 Å². The first kappa shape index (κ1) is 12.1. The molecule has 1 N–H and O–H groups in total. The second-order valence-electron chi connectivity index (χ2n) is 3.48. The summed E-state index contributed by atoms with van der Waals surface area (Å²) in [6.45, 7) is 2.06. The summed E-state index contributed by atoms with van der Waals surface area (Å²) in [6, 6.07) is 8.13. The van der Waals surface area contributed by atoms with Crippen LogP contribution in [0.25, 0.3) is 0 Å². The van der Waals surface area contributed by atoms with Gasteiger partial charge in [-0.15, -0.1) is 23.1 Å². The summed E-state index contributed by atoms with van der Waals surface area (Å²) in [5, 5.41) is 9.63. The Bertz CT molecular complexity index is 537. The van der Waals surface area contributed by atoms with Crippen molar-refractivity contribution in [2.45, 2.75) is 17.6 Å². The molecule has 0 saturated heterocycles. The summed E-state index contributed by atoms with van der Waals surface area (Å²) in [6.07, 6.45) is 1.42. The van der Waals surface area contributed by atoms with Crippen molar-refractivity contribution in [3.05, 3.63) is 45.9 Å². The van der Waals surface area contributed by atoms with E-state index in [2.05, 4.69) is 24.0 Å². The Morgan fingerprint density at radius 1 is 1.47 bits per heavy atom. The van der Waals surface area contributed by atoms with Gasteiger partial charge >= 0.3 is 5.97 Å². The fourth-order valence-electron chi connectivity index (χ4n) is 1.33. The van der Waals surface area contributed by atoms with Crippen LogP contribution in [0.4, 0.5) is 0 Å². The second-order valence-corrected chi connectivity index (χ2v) is 5.61. The van der Waals surface area contributed by atoms with Crippen LogP contribution in [0.5, 0.6) is 0 Å². The van der Waals surface area contributed by atoms with Crippen LogP contribution in [0.3, 0.4) is 0 Å². The molecule has 3 nitrogen and oxygen atoms in total. The van der Waals surface area contributed by atoms with E-state index in [-0.39, 0.29) is 0 Å². The van der Waals surface area contributed by atoms with E-state index in [0.717, 1.165) is 5.01 Å². The maximum Gasteiger partial charge on any atom is 0.347 e. The lowest BCUT2D eigenvalue weighted by molar-refractivity contribution is 0.0702.